The first-order valence-electron chi connectivity index (χ1n) is 4.62. The van der Waals surface area contributed by atoms with E-state index in [9.17, 15) is 9.90 Å². The minimum Gasteiger partial charge on any atom is -0.506 e. The lowest BCUT2D eigenvalue weighted by atomic mass is 10.0. The summed E-state index contributed by atoms with van der Waals surface area (Å²) >= 11 is 0. The molecule has 0 aliphatic carbocycles. The van der Waals surface area contributed by atoms with Crippen molar-refractivity contribution in [2.24, 2.45) is 5.73 Å². The highest BCUT2D eigenvalue weighted by molar-refractivity contribution is 5.98. The molecular weight excluding hydrogens is 208 g/mol. The molecule has 1 amide bonds. The molecule has 2 aromatic heterocycles. The second-order valence-corrected chi connectivity index (χ2v) is 3.36. The fourth-order valence-corrected chi connectivity index (χ4v) is 1.52. The number of carbonyl (C=O) groups is 1. The Morgan fingerprint density at radius 3 is 2.88 bits per heavy atom. The fraction of sp³-hybridized carbons (Fsp3) is 0.0909. The topological polar surface area (TPSA) is 89.3 Å². The van der Waals surface area contributed by atoms with Gasteiger partial charge in [0.15, 0.2) is 0 Å². The number of furan rings is 1. The van der Waals surface area contributed by atoms with Crippen LogP contribution in [0.3, 0.4) is 0 Å². The molecule has 5 nitrogen and oxygen atoms in total. The summed E-state index contributed by atoms with van der Waals surface area (Å²) in [4.78, 5) is 15.2. The molecule has 3 N–H and O–H groups in total. The number of pyridine rings is 1. The molecule has 0 bridgehead atoms. The lowest BCUT2D eigenvalue weighted by Crippen LogP contribution is -2.14. The molecule has 0 saturated heterocycles. The Morgan fingerprint density at radius 2 is 2.31 bits per heavy atom. The van der Waals surface area contributed by atoms with Crippen molar-refractivity contribution in [1.29, 1.82) is 0 Å². The molecule has 0 atom stereocenters. The van der Waals surface area contributed by atoms with Crippen LogP contribution < -0.4 is 5.73 Å². The monoisotopic (exact) mass is 218 g/mol. The number of nitrogens with two attached hydrogens (primary N) is 1. The van der Waals surface area contributed by atoms with E-state index in [0.29, 0.717) is 16.8 Å². The second kappa shape index (κ2) is 3.69. The summed E-state index contributed by atoms with van der Waals surface area (Å²) in [5.41, 5.74) is 6.69. The van der Waals surface area contributed by atoms with E-state index >= 15 is 0 Å². The van der Waals surface area contributed by atoms with Crippen LogP contribution in [0, 0.1) is 6.92 Å². The highest BCUT2D eigenvalue weighted by atomic mass is 16.3. The number of aryl methyl sites for hydroxylation is 1. The molecule has 0 spiro atoms. The lowest BCUT2D eigenvalue weighted by Gasteiger charge is -2.07. The first kappa shape index (κ1) is 10.2. The van der Waals surface area contributed by atoms with Gasteiger partial charge in [-0.05, 0) is 13.0 Å². The number of nitrogens with zero attached hydrogens (tertiary/aromatic N) is 1. The van der Waals surface area contributed by atoms with E-state index in [1.165, 1.54) is 18.7 Å². The Balaban J connectivity index is 2.66. The van der Waals surface area contributed by atoms with Crippen molar-refractivity contribution in [2.75, 3.05) is 0 Å². The smallest absolute Gasteiger partial charge is 0.254 e. The molecule has 16 heavy (non-hydrogen) atoms. The molecule has 0 saturated carbocycles. The summed E-state index contributed by atoms with van der Waals surface area (Å²) in [6.45, 7) is 1.61. The highest BCUT2D eigenvalue weighted by Gasteiger charge is 2.17. The van der Waals surface area contributed by atoms with Crippen LogP contribution in [0.25, 0.3) is 11.1 Å². The quantitative estimate of drug-likeness (QED) is 0.798. The van der Waals surface area contributed by atoms with Crippen LogP contribution in [-0.2, 0) is 0 Å². The van der Waals surface area contributed by atoms with Gasteiger partial charge in [0.1, 0.15) is 11.3 Å². The van der Waals surface area contributed by atoms with E-state index in [2.05, 4.69) is 4.98 Å². The van der Waals surface area contributed by atoms with Crippen molar-refractivity contribution in [3.8, 4) is 16.9 Å². The Labute approximate surface area is 91.5 Å². The van der Waals surface area contributed by atoms with Crippen molar-refractivity contribution in [2.45, 2.75) is 6.92 Å². The number of rotatable bonds is 2. The van der Waals surface area contributed by atoms with Crippen LogP contribution in [0.1, 0.15) is 16.1 Å². The maximum atomic E-state index is 11.2. The third kappa shape index (κ3) is 1.52. The van der Waals surface area contributed by atoms with Crippen LogP contribution in [0.5, 0.6) is 5.75 Å². The van der Waals surface area contributed by atoms with Crippen LogP contribution in [0.2, 0.25) is 0 Å². The number of aromatic nitrogens is 1. The van der Waals surface area contributed by atoms with Gasteiger partial charge in [-0.15, -0.1) is 0 Å². The van der Waals surface area contributed by atoms with Crippen molar-refractivity contribution in [1.82, 2.24) is 4.98 Å². The van der Waals surface area contributed by atoms with Crippen LogP contribution >= 0.6 is 0 Å². The van der Waals surface area contributed by atoms with Gasteiger partial charge in [0.2, 0.25) is 0 Å². The molecule has 2 heterocycles. The minimum absolute atomic E-state index is 0.0405. The summed E-state index contributed by atoms with van der Waals surface area (Å²) in [5, 5.41) is 9.93. The van der Waals surface area contributed by atoms with Gasteiger partial charge in [0.05, 0.1) is 18.2 Å². The molecule has 0 aromatic carbocycles. The second-order valence-electron chi connectivity index (χ2n) is 3.36. The average molecular weight is 218 g/mol. The van der Waals surface area contributed by atoms with Crippen LogP contribution in [0.15, 0.2) is 29.2 Å². The number of primary amides is 1. The van der Waals surface area contributed by atoms with Gasteiger partial charge in [0.25, 0.3) is 5.91 Å². The van der Waals surface area contributed by atoms with E-state index < -0.39 is 5.91 Å². The summed E-state index contributed by atoms with van der Waals surface area (Å²) in [6.07, 6.45) is 4.40. The summed E-state index contributed by atoms with van der Waals surface area (Å²) in [7, 11) is 0. The number of amides is 1. The van der Waals surface area contributed by atoms with Crippen molar-refractivity contribution >= 4 is 5.91 Å². The first-order valence-corrected chi connectivity index (χ1v) is 4.62. The normalized spacial score (nSPS) is 10.3. The largest absolute Gasteiger partial charge is 0.506 e. The zero-order chi connectivity index (χ0) is 11.7. The third-order valence-corrected chi connectivity index (χ3v) is 2.32. The van der Waals surface area contributed by atoms with Crippen LogP contribution in [0.4, 0.5) is 0 Å². The molecule has 5 heteroatoms. The molecule has 82 valence electrons. The van der Waals surface area contributed by atoms with Gasteiger partial charge in [-0.3, -0.25) is 9.78 Å². The number of hydrogen-bond donors (Lipinski definition) is 2. The molecule has 0 unspecified atom stereocenters. The Bertz CT molecular complexity index is 532. The molecule has 0 fully saturated rings. The maximum absolute atomic E-state index is 11.2. The predicted molar refractivity (Wildman–Crippen MR) is 56.9 cm³/mol. The standard InChI is InChI=1S/C11H10N2O3/c1-6-9(11(12)15)10(14)8(4-13-6)7-2-3-16-5-7/h2-5H,1H3,(H2,12,15)(H,13,14). The van der Waals surface area contributed by atoms with Crippen molar-refractivity contribution in [3.63, 3.8) is 0 Å². The minimum atomic E-state index is -0.701. The van der Waals surface area contributed by atoms with E-state index in [1.54, 1.807) is 13.0 Å². The lowest BCUT2D eigenvalue weighted by molar-refractivity contribution is 0.0997. The molecule has 2 rings (SSSR count). The predicted octanol–water partition coefficient (Wildman–Crippen LogP) is 1.45. The Kier molecular flexibility index (Phi) is 2.36. The Morgan fingerprint density at radius 1 is 1.56 bits per heavy atom. The maximum Gasteiger partial charge on any atom is 0.254 e. The third-order valence-electron chi connectivity index (χ3n) is 2.32. The number of hydrogen-bond acceptors (Lipinski definition) is 4. The molecule has 0 radical (unpaired) electrons. The fourth-order valence-electron chi connectivity index (χ4n) is 1.52. The van der Waals surface area contributed by atoms with Gasteiger partial charge < -0.3 is 15.3 Å². The molecule has 0 aliphatic rings. The number of aromatic hydroxyl groups is 1. The van der Waals surface area contributed by atoms with Crippen LogP contribution in [-0.4, -0.2) is 16.0 Å². The zero-order valence-electron chi connectivity index (χ0n) is 8.60. The van der Waals surface area contributed by atoms with Gasteiger partial charge in [-0.2, -0.15) is 0 Å². The first-order chi connectivity index (χ1) is 7.61. The van der Waals surface area contributed by atoms with Crippen molar-refractivity contribution < 1.29 is 14.3 Å². The van der Waals surface area contributed by atoms with E-state index in [4.69, 9.17) is 10.2 Å². The summed E-state index contributed by atoms with van der Waals surface area (Å²) < 4.78 is 4.90. The van der Waals surface area contributed by atoms with Gasteiger partial charge in [0, 0.05) is 17.3 Å². The number of carbonyl (C=O) groups excluding carboxylic acids is 1. The van der Waals surface area contributed by atoms with E-state index in [0.717, 1.165) is 0 Å². The zero-order valence-corrected chi connectivity index (χ0v) is 8.60. The summed E-state index contributed by atoms with van der Waals surface area (Å²) in [6, 6.07) is 1.66. The summed E-state index contributed by atoms with van der Waals surface area (Å²) in [5.74, 6) is -0.866. The average Bonchev–Trinajstić information content (AvgIpc) is 2.70. The molecule has 2 aromatic rings. The van der Waals surface area contributed by atoms with Gasteiger partial charge in [-0.25, -0.2) is 0 Å². The molecule has 0 aliphatic heterocycles. The van der Waals surface area contributed by atoms with E-state index in [1.807, 2.05) is 0 Å². The highest BCUT2D eigenvalue weighted by Crippen LogP contribution is 2.32. The van der Waals surface area contributed by atoms with E-state index in [-0.39, 0.29) is 11.3 Å². The molecular formula is C11H10N2O3. The van der Waals surface area contributed by atoms with Gasteiger partial charge in [-0.1, -0.05) is 0 Å². The van der Waals surface area contributed by atoms with Crippen molar-refractivity contribution in [3.05, 3.63) is 36.0 Å². The SMILES string of the molecule is Cc1ncc(-c2ccoc2)c(O)c1C(N)=O. The van der Waals surface area contributed by atoms with Gasteiger partial charge >= 0.3 is 0 Å². The Hall–Kier alpha value is -2.30.